The molecule has 2 aromatic heterocycles. The Kier molecular flexibility index (Phi) is 4.75. The maximum atomic E-state index is 5.41. The number of furan rings is 1. The van der Waals surface area contributed by atoms with E-state index in [1.54, 1.807) is 18.0 Å². The van der Waals surface area contributed by atoms with Crippen LogP contribution in [-0.2, 0) is 6.54 Å². The summed E-state index contributed by atoms with van der Waals surface area (Å²) in [6.45, 7) is 2.90. The largest absolute Gasteiger partial charge is 0.461 e. The molecule has 0 saturated carbocycles. The minimum absolute atomic E-state index is 0.751. The zero-order chi connectivity index (χ0) is 15.2. The topological polar surface area (TPSA) is 43.9 Å². The molecule has 22 heavy (non-hydrogen) atoms. The van der Waals surface area contributed by atoms with Crippen molar-refractivity contribution in [1.82, 2.24) is 14.8 Å². The second-order valence-electron chi connectivity index (χ2n) is 4.65. The Hall–Kier alpha value is -2.27. The zero-order valence-corrected chi connectivity index (χ0v) is 13.2. The van der Waals surface area contributed by atoms with E-state index < -0.39 is 0 Å². The van der Waals surface area contributed by atoms with E-state index in [0.29, 0.717) is 0 Å². The average Bonchev–Trinajstić information content (AvgIpc) is 3.21. The monoisotopic (exact) mass is 311 g/mol. The number of hydrogen-bond acceptors (Lipinski definition) is 4. The van der Waals surface area contributed by atoms with E-state index in [0.717, 1.165) is 29.0 Å². The molecule has 4 nitrogen and oxygen atoms in total. The van der Waals surface area contributed by atoms with Crippen LogP contribution in [0.4, 0.5) is 0 Å². The second kappa shape index (κ2) is 7.13. The average molecular weight is 311 g/mol. The van der Waals surface area contributed by atoms with Gasteiger partial charge in [0.05, 0.1) is 6.26 Å². The van der Waals surface area contributed by atoms with Crippen LogP contribution in [0.15, 0.2) is 64.4 Å². The first-order valence-electron chi connectivity index (χ1n) is 7.20. The third-order valence-corrected chi connectivity index (χ3v) is 4.11. The summed E-state index contributed by atoms with van der Waals surface area (Å²) < 4.78 is 7.48. The van der Waals surface area contributed by atoms with Crippen LogP contribution in [0.1, 0.15) is 12.5 Å². The van der Waals surface area contributed by atoms with Gasteiger partial charge in [-0.25, -0.2) is 0 Å². The van der Waals surface area contributed by atoms with Crippen molar-refractivity contribution >= 4 is 17.8 Å². The molecule has 0 atom stereocenters. The van der Waals surface area contributed by atoms with Gasteiger partial charge in [-0.05, 0) is 24.6 Å². The molecule has 2 heterocycles. The van der Waals surface area contributed by atoms with Crippen LogP contribution < -0.4 is 0 Å². The molecule has 0 fully saturated rings. The van der Waals surface area contributed by atoms with Crippen molar-refractivity contribution in [3.63, 3.8) is 0 Å². The first-order chi connectivity index (χ1) is 10.9. The van der Waals surface area contributed by atoms with Crippen LogP contribution in [0.3, 0.4) is 0 Å². The highest BCUT2D eigenvalue weighted by Crippen LogP contribution is 2.24. The lowest BCUT2D eigenvalue weighted by molar-refractivity contribution is 0.567. The minimum atomic E-state index is 0.751. The Morgan fingerprint density at radius 2 is 2.00 bits per heavy atom. The maximum Gasteiger partial charge on any atom is 0.200 e. The Morgan fingerprint density at radius 1 is 1.14 bits per heavy atom. The summed E-state index contributed by atoms with van der Waals surface area (Å²) in [5.74, 6) is 2.38. The summed E-state index contributed by atoms with van der Waals surface area (Å²) >= 11 is 1.67. The molecule has 1 aromatic carbocycles. The van der Waals surface area contributed by atoms with Crippen LogP contribution in [0, 0.1) is 0 Å². The van der Waals surface area contributed by atoms with Crippen LogP contribution in [0.2, 0.25) is 0 Å². The highest BCUT2D eigenvalue weighted by atomic mass is 32.2. The highest BCUT2D eigenvalue weighted by Gasteiger charge is 2.14. The van der Waals surface area contributed by atoms with Crippen LogP contribution in [0.25, 0.3) is 17.7 Å². The van der Waals surface area contributed by atoms with Gasteiger partial charge in [0.25, 0.3) is 0 Å². The standard InChI is InChI=1S/C17H17N3OS/c1-2-20-16(15-11-6-12-21-15)18-19-17(20)22-13-7-10-14-8-4-3-5-9-14/h3-12H,2,13H2,1H3. The smallest absolute Gasteiger partial charge is 0.200 e. The number of hydrogen-bond donors (Lipinski definition) is 0. The molecule has 3 rings (SSSR count). The maximum absolute atomic E-state index is 5.41. The molecule has 0 aliphatic carbocycles. The molecule has 0 spiro atoms. The van der Waals surface area contributed by atoms with Crippen molar-refractivity contribution in [2.75, 3.05) is 5.75 Å². The summed E-state index contributed by atoms with van der Waals surface area (Å²) in [5, 5.41) is 9.42. The van der Waals surface area contributed by atoms with E-state index in [2.05, 4.69) is 46.0 Å². The van der Waals surface area contributed by atoms with Gasteiger partial charge in [0.2, 0.25) is 0 Å². The SMILES string of the molecule is CCn1c(SCC=Cc2ccccc2)nnc1-c1ccco1. The lowest BCUT2D eigenvalue weighted by Crippen LogP contribution is -1.99. The van der Waals surface area contributed by atoms with E-state index in [1.165, 1.54) is 5.56 Å². The number of rotatable bonds is 6. The van der Waals surface area contributed by atoms with Gasteiger partial charge in [-0.15, -0.1) is 10.2 Å². The molecular formula is C17H17N3OS. The Morgan fingerprint density at radius 3 is 2.73 bits per heavy atom. The lowest BCUT2D eigenvalue weighted by atomic mass is 10.2. The van der Waals surface area contributed by atoms with Crippen LogP contribution >= 0.6 is 11.8 Å². The highest BCUT2D eigenvalue weighted by molar-refractivity contribution is 7.99. The first kappa shape index (κ1) is 14.7. The molecular weight excluding hydrogens is 294 g/mol. The molecule has 112 valence electrons. The minimum Gasteiger partial charge on any atom is -0.461 e. The van der Waals surface area contributed by atoms with Crippen molar-refractivity contribution in [2.24, 2.45) is 0 Å². The van der Waals surface area contributed by atoms with Gasteiger partial charge >= 0.3 is 0 Å². The van der Waals surface area contributed by atoms with E-state index in [1.807, 2.05) is 30.3 Å². The summed E-state index contributed by atoms with van der Waals surface area (Å²) in [6.07, 6.45) is 5.91. The Balaban J connectivity index is 1.67. The normalized spacial score (nSPS) is 11.3. The molecule has 0 aliphatic heterocycles. The molecule has 0 amide bonds. The number of thioether (sulfide) groups is 1. The Labute approximate surface area is 133 Å². The third kappa shape index (κ3) is 3.31. The van der Waals surface area contributed by atoms with Crippen LogP contribution in [-0.4, -0.2) is 20.5 Å². The fraction of sp³-hybridized carbons (Fsp3) is 0.176. The van der Waals surface area contributed by atoms with E-state index in [4.69, 9.17) is 4.42 Å². The number of nitrogens with zero attached hydrogens (tertiary/aromatic N) is 3. The van der Waals surface area contributed by atoms with Crippen molar-refractivity contribution in [3.05, 3.63) is 60.4 Å². The number of benzene rings is 1. The van der Waals surface area contributed by atoms with Crippen molar-refractivity contribution in [3.8, 4) is 11.6 Å². The number of aromatic nitrogens is 3. The fourth-order valence-corrected chi connectivity index (χ4v) is 2.95. The second-order valence-corrected chi connectivity index (χ2v) is 5.64. The predicted molar refractivity (Wildman–Crippen MR) is 89.6 cm³/mol. The molecule has 5 heteroatoms. The molecule has 0 bridgehead atoms. The molecule has 0 aliphatic rings. The van der Waals surface area contributed by atoms with E-state index >= 15 is 0 Å². The van der Waals surface area contributed by atoms with Gasteiger partial charge < -0.3 is 4.42 Å². The molecule has 3 aromatic rings. The third-order valence-electron chi connectivity index (χ3n) is 3.19. The van der Waals surface area contributed by atoms with Gasteiger partial charge in [-0.2, -0.15) is 0 Å². The summed E-state index contributed by atoms with van der Waals surface area (Å²) in [6, 6.07) is 14.0. The van der Waals surface area contributed by atoms with Gasteiger partial charge in [0, 0.05) is 12.3 Å². The molecule has 0 unspecified atom stereocenters. The van der Waals surface area contributed by atoms with Crippen molar-refractivity contribution in [2.45, 2.75) is 18.6 Å². The zero-order valence-electron chi connectivity index (χ0n) is 12.3. The van der Waals surface area contributed by atoms with Gasteiger partial charge in [0.1, 0.15) is 0 Å². The molecule has 0 N–H and O–H groups in total. The quantitative estimate of drug-likeness (QED) is 0.634. The molecule has 0 radical (unpaired) electrons. The van der Waals surface area contributed by atoms with Crippen molar-refractivity contribution in [1.29, 1.82) is 0 Å². The van der Waals surface area contributed by atoms with Crippen LogP contribution in [0.5, 0.6) is 0 Å². The van der Waals surface area contributed by atoms with E-state index in [9.17, 15) is 0 Å². The fourth-order valence-electron chi connectivity index (χ4n) is 2.14. The van der Waals surface area contributed by atoms with Gasteiger partial charge in [-0.3, -0.25) is 4.57 Å². The predicted octanol–water partition coefficient (Wildman–Crippen LogP) is 4.36. The van der Waals surface area contributed by atoms with Crippen molar-refractivity contribution < 1.29 is 4.42 Å². The lowest BCUT2D eigenvalue weighted by Gasteiger charge is -2.04. The summed E-state index contributed by atoms with van der Waals surface area (Å²) in [5.41, 5.74) is 1.20. The van der Waals surface area contributed by atoms with Gasteiger partial charge in [-0.1, -0.05) is 54.2 Å². The Bertz CT molecular complexity index is 733. The summed E-state index contributed by atoms with van der Waals surface area (Å²) in [7, 11) is 0. The molecule has 0 saturated heterocycles. The summed E-state index contributed by atoms with van der Waals surface area (Å²) in [4.78, 5) is 0. The van der Waals surface area contributed by atoms with E-state index in [-0.39, 0.29) is 0 Å². The first-order valence-corrected chi connectivity index (χ1v) is 8.18. The van der Waals surface area contributed by atoms with Gasteiger partial charge in [0.15, 0.2) is 16.7 Å².